The average Bonchev–Trinajstić information content (AvgIpc) is 3.43. The van der Waals surface area contributed by atoms with E-state index in [4.69, 9.17) is 5.73 Å². The Morgan fingerprint density at radius 3 is 1.69 bits per heavy atom. The summed E-state index contributed by atoms with van der Waals surface area (Å²) in [7, 11) is 6.60. The SMILES string of the molecule is CNC(=O)CCNC(=O)c1cc(NC(=O)c2cc(NC(=O)c3cc(N)cn3C)cn2C)cn1C.Cl. The molecule has 0 aliphatic carbocycles. The van der Waals surface area contributed by atoms with E-state index in [1.807, 2.05) is 0 Å². The Labute approximate surface area is 208 Å². The second kappa shape index (κ2) is 11.3. The van der Waals surface area contributed by atoms with Crippen molar-refractivity contribution in [2.75, 3.05) is 30.0 Å². The van der Waals surface area contributed by atoms with E-state index in [1.54, 1.807) is 71.6 Å². The number of carbonyl (C=O) groups is 4. The molecule has 0 radical (unpaired) electrons. The summed E-state index contributed by atoms with van der Waals surface area (Å²) in [5, 5.41) is 10.7. The van der Waals surface area contributed by atoms with Crippen LogP contribution in [0.5, 0.6) is 0 Å². The van der Waals surface area contributed by atoms with Crippen LogP contribution < -0.4 is 27.0 Å². The second-order valence-electron chi connectivity index (χ2n) is 7.81. The topological polar surface area (TPSA) is 157 Å². The molecule has 35 heavy (non-hydrogen) atoms. The molecular formula is C22H29ClN8O4. The van der Waals surface area contributed by atoms with Gasteiger partial charge in [-0.05, 0) is 18.2 Å². The van der Waals surface area contributed by atoms with Gasteiger partial charge in [0.25, 0.3) is 17.7 Å². The molecule has 3 aromatic heterocycles. The molecule has 3 aromatic rings. The Balaban J connectivity index is 0.00000432. The fourth-order valence-electron chi connectivity index (χ4n) is 3.43. The van der Waals surface area contributed by atoms with Gasteiger partial charge in [-0.15, -0.1) is 12.4 Å². The van der Waals surface area contributed by atoms with Crippen molar-refractivity contribution in [1.82, 2.24) is 24.3 Å². The van der Waals surface area contributed by atoms with Crippen LogP contribution in [-0.2, 0) is 25.9 Å². The maximum atomic E-state index is 12.8. The molecule has 3 rings (SSSR count). The van der Waals surface area contributed by atoms with Crippen LogP contribution in [-0.4, -0.2) is 50.9 Å². The van der Waals surface area contributed by atoms with Gasteiger partial charge in [0.1, 0.15) is 17.1 Å². The Morgan fingerprint density at radius 2 is 1.23 bits per heavy atom. The molecule has 4 amide bonds. The minimum absolute atomic E-state index is 0. The molecule has 13 heteroatoms. The van der Waals surface area contributed by atoms with Gasteiger partial charge in [0.15, 0.2) is 0 Å². The van der Waals surface area contributed by atoms with Gasteiger partial charge in [0, 0.05) is 59.7 Å². The Hall–Kier alpha value is -4.19. The van der Waals surface area contributed by atoms with E-state index < -0.39 is 5.91 Å². The molecule has 6 N–H and O–H groups in total. The molecule has 12 nitrogen and oxygen atoms in total. The maximum absolute atomic E-state index is 12.8. The first kappa shape index (κ1) is 27.1. The number of hydrogen-bond acceptors (Lipinski definition) is 5. The predicted octanol–water partition coefficient (Wildman–Crippen LogP) is 1.08. The smallest absolute Gasteiger partial charge is 0.272 e. The molecule has 0 unspecified atom stereocenters. The summed E-state index contributed by atoms with van der Waals surface area (Å²) in [4.78, 5) is 49.0. The van der Waals surface area contributed by atoms with Crippen molar-refractivity contribution >= 4 is 53.1 Å². The molecule has 0 spiro atoms. The van der Waals surface area contributed by atoms with Crippen molar-refractivity contribution in [3.63, 3.8) is 0 Å². The third kappa shape index (κ3) is 6.44. The van der Waals surface area contributed by atoms with Gasteiger partial charge in [0.2, 0.25) is 5.91 Å². The summed E-state index contributed by atoms with van der Waals surface area (Å²) in [5.74, 6) is -1.31. The number of amides is 4. The Kier molecular flexibility index (Phi) is 8.73. The first-order valence-corrected chi connectivity index (χ1v) is 10.4. The van der Waals surface area contributed by atoms with Gasteiger partial charge >= 0.3 is 0 Å². The van der Waals surface area contributed by atoms with Crippen LogP contribution in [0.15, 0.2) is 36.8 Å². The number of nitrogens with zero attached hydrogens (tertiary/aromatic N) is 3. The van der Waals surface area contributed by atoms with Gasteiger partial charge < -0.3 is 40.7 Å². The van der Waals surface area contributed by atoms with Crippen molar-refractivity contribution in [3.05, 3.63) is 53.9 Å². The number of nitrogens with two attached hydrogens (primary N) is 1. The summed E-state index contributed by atoms with van der Waals surface area (Å²) < 4.78 is 4.77. The quantitative estimate of drug-likeness (QED) is 0.310. The monoisotopic (exact) mass is 504 g/mol. The molecule has 0 saturated heterocycles. The van der Waals surface area contributed by atoms with Gasteiger partial charge in [-0.3, -0.25) is 19.2 Å². The number of hydrogen-bond donors (Lipinski definition) is 5. The summed E-state index contributed by atoms with van der Waals surface area (Å²) in [5.41, 5.74) is 8.09. The fraction of sp³-hybridized carbons (Fsp3) is 0.273. The highest BCUT2D eigenvalue weighted by molar-refractivity contribution is 6.07. The number of nitrogens with one attached hydrogen (secondary N) is 4. The number of carbonyl (C=O) groups excluding carboxylic acids is 4. The lowest BCUT2D eigenvalue weighted by Crippen LogP contribution is -2.30. The zero-order valence-corrected chi connectivity index (χ0v) is 20.7. The summed E-state index contributed by atoms with van der Waals surface area (Å²) in [6.07, 6.45) is 5.03. The van der Waals surface area contributed by atoms with Crippen LogP contribution >= 0.6 is 12.4 Å². The third-order valence-corrected chi connectivity index (χ3v) is 5.17. The van der Waals surface area contributed by atoms with Gasteiger partial charge in [0.05, 0.1) is 17.1 Å². The van der Waals surface area contributed by atoms with E-state index in [1.165, 1.54) is 7.05 Å². The van der Waals surface area contributed by atoms with Crippen LogP contribution in [0.25, 0.3) is 0 Å². The number of aryl methyl sites for hydroxylation is 3. The lowest BCUT2D eigenvalue weighted by Gasteiger charge is -2.05. The van der Waals surface area contributed by atoms with Crippen molar-refractivity contribution in [1.29, 1.82) is 0 Å². The van der Waals surface area contributed by atoms with E-state index in [2.05, 4.69) is 21.3 Å². The minimum Gasteiger partial charge on any atom is -0.397 e. The minimum atomic E-state index is -0.414. The highest BCUT2D eigenvalue weighted by Crippen LogP contribution is 2.19. The predicted molar refractivity (Wildman–Crippen MR) is 135 cm³/mol. The van der Waals surface area contributed by atoms with E-state index in [-0.39, 0.29) is 43.1 Å². The van der Waals surface area contributed by atoms with Crippen molar-refractivity contribution in [2.45, 2.75) is 6.42 Å². The van der Waals surface area contributed by atoms with E-state index in [0.29, 0.717) is 34.1 Å². The lowest BCUT2D eigenvalue weighted by molar-refractivity contribution is -0.120. The molecule has 3 heterocycles. The molecule has 0 aromatic carbocycles. The van der Waals surface area contributed by atoms with E-state index in [9.17, 15) is 19.2 Å². The normalized spacial score (nSPS) is 10.3. The highest BCUT2D eigenvalue weighted by Gasteiger charge is 2.18. The summed E-state index contributed by atoms with van der Waals surface area (Å²) >= 11 is 0. The van der Waals surface area contributed by atoms with E-state index in [0.717, 1.165) is 0 Å². The van der Waals surface area contributed by atoms with Crippen molar-refractivity contribution < 1.29 is 19.2 Å². The third-order valence-electron chi connectivity index (χ3n) is 5.17. The molecule has 0 atom stereocenters. The fourth-order valence-corrected chi connectivity index (χ4v) is 3.43. The summed E-state index contributed by atoms with van der Waals surface area (Å²) in [6.45, 7) is 0.193. The standard InChI is InChI=1S/C22H28N8O4.ClH/c1-24-19(31)5-6-25-20(32)17-8-14(11-29(17)3)27-22(34)18-9-15(12-30(18)4)26-21(33)16-7-13(23)10-28(16)2;/h7-12H,5-6,23H2,1-4H3,(H,24,31)(H,25,32)(H,26,33)(H,27,34);1H. The van der Waals surface area contributed by atoms with E-state index >= 15 is 0 Å². The second-order valence-corrected chi connectivity index (χ2v) is 7.81. The van der Waals surface area contributed by atoms with Crippen LogP contribution in [0.4, 0.5) is 17.1 Å². The van der Waals surface area contributed by atoms with Crippen LogP contribution in [0.1, 0.15) is 37.9 Å². The van der Waals surface area contributed by atoms with Gasteiger partial charge in [-0.25, -0.2) is 0 Å². The average molecular weight is 505 g/mol. The van der Waals surface area contributed by atoms with Crippen LogP contribution in [0.2, 0.25) is 0 Å². The van der Waals surface area contributed by atoms with Crippen LogP contribution in [0.3, 0.4) is 0 Å². The van der Waals surface area contributed by atoms with Gasteiger partial charge in [-0.1, -0.05) is 0 Å². The molecular weight excluding hydrogens is 476 g/mol. The zero-order valence-electron chi connectivity index (χ0n) is 19.8. The summed E-state index contributed by atoms with van der Waals surface area (Å²) in [6, 6.07) is 4.65. The molecule has 0 saturated carbocycles. The highest BCUT2D eigenvalue weighted by atomic mass is 35.5. The lowest BCUT2D eigenvalue weighted by atomic mass is 10.3. The van der Waals surface area contributed by atoms with Crippen molar-refractivity contribution in [3.8, 4) is 0 Å². The molecule has 0 bridgehead atoms. The Bertz CT molecular complexity index is 1260. The number of aromatic nitrogens is 3. The first-order valence-electron chi connectivity index (χ1n) is 10.4. The van der Waals surface area contributed by atoms with Crippen molar-refractivity contribution in [2.24, 2.45) is 21.1 Å². The molecule has 0 aliphatic heterocycles. The molecule has 0 fully saturated rings. The number of nitrogen functional groups attached to an aromatic ring is 1. The Morgan fingerprint density at radius 1 is 0.771 bits per heavy atom. The number of halogens is 1. The van der Waals surface area contributed by atoms with Crippen LogP contribution in [0, 0.1) is 0 Å². The first-order chi connectivity index (χ1) is 16.1. The largest absolute Gasteiger partial charge is 0.397 e. The number of rotatable bonds is 8. The van der Waals surface area contributed by atoms with Gasteiger partial charge in [-0.2, -0.15) is 0 Å². The zero-order chi connectivity index (χ0) is 25.0. The number of anilines is 3. The molecule has 188 valence electrons. The maximum Gasteiger partial charge on any atom is 0.272 e. The molecule has 0 aliphatic rings.